The third-order valence-electron chi connectivity index (χ3n) is 3.82. The highest BCUT2D eigenvalue weighted by molar-refractivity contribution is 5.95. The Morgan fingerprint density at radius 2 is 2.22 bits per heavy atom. The predicted octanol–water partition coefficient (Wildman–Crippen LogP) is 2.20. The molecule has 4 nitrogen and oxygen atoms in total. The fourth-order valence-corrected chi connectivity index (χ4v) is 2.08. The van der Waals surface area contributed by atoms with Gasteiger partial charge in [0.2, 0.25) is 0 Å². The van der Waals surface area contributed by atoms with E-state index in [2.05, 4.69) is 12.2 Å². The average molecular weight is 248 g/mol. The number of nitrogen functional groups attached to an aromatic ring is 1. The van der Waals surface area contributed by atoms with Crippen molar-refractivity contribution in [1.82, 2.24) is 5.32 Å². The molecule has 0 unspecified atom stereocenters. The zero-order valence-electron chi connectivity index (χ0n) is 11.0. The number of hydrogen-bond acceptors (Lipinski definition) is 3. The van der Waals surface area contributed by atoms with Crippen LogP contribution in [-0.2, 0) is 0 Å². The molecular formula is C14H20N2O2. The highest BCUT2D eigenvalue weighted by Gasteiger charge is 2.40. The number of anilines is 1. The van der Waals surface area contributed by atoms with Crippen molar-refractivity contribution in [3.63, 3.8) is 0 Å². The molecule has 0 radical (unpaired) electrons. The molecule has 3 N–H and O–H groups in total. The first-order valence-electron chi connectivity index (χ1n) is 6.32. The lowest BCUT2D eigenvalue weighted by Crippen LogP contribution is -2.30. The average Bonchev–Trinajstić information content (AvgIpc) is 3.16. The molecular weight excluding hydrogens is 228 g/mol. The van der Waals surface area contributed by atoms with Gasteiger partial charge in [0.25, 0.3) is 5.91 Å². The van der Waals surface area contributed by atoms with E-state index in [9.17, 15) is 4.79 Å². The van der Waals surface area contributed by atoms with Crippen molar-refractivity contribution >= 4 is 11.6 Å². The number of methoxy groups -OCH3 is 1. The van der Waals surface area contributed by atoms with Crippen LogP contribution in [0.4, 0.5) is 5.69 Å². The summed E-state index contributed by atoms with van der Waals surface area (Å²) in [5.74, 6) is 0.530. The van der Waals surface area contributed by atoms with Crippen molar-refractivity contribution in [2.75, 3.05) is 19.4 Å². The van der Waals surface area contributed by atoms with Gasteiger partial charge in [-0.15, -0.1) is 0 Å². The number of carbonyl (C=O) groups excluding carboxylic acids is 1. The van der Waals surface area contributed by atoms with Crippen LogP contribution in [0.15, 0.2) is 18.2 Å². The molecule has 1 aliphatic rings. The minimum absolute atomic E-state index is 0.0657. The Hall–Kier alpha value is -1.71. The van der Waals surface area contributed by atoms with Crippen LogP contribution in [0.25, 0.3) is 0 Å². The predicted molar refractivity (Wildman–Crippen MR) is 71.7 cm³/mol. The van der Waals surface area contributed by atoms with Crippen LogP contribution >= 0.6 is 0 Å². The van der Waals surface area contributed by atoms with Gasteiger partial charge in [0, 0.05) is 12.1 Å². The number of nitrogens with one attached hydrogen (secondary N) is 1. The van der Waals surface area contributed by atoms with E-state index in [4.69, 9.17) is 10.5 Å². The fraction of sp³-hybridized carbons (Fsp3) is 0.500. The molecule has 1 aliphatic carbocycles. The smallest absolute Gasteiger partial charge is 0.251 e. The number of nitrogens with two attached hydrogens (primary N) is 1. The van der Waals surface area contributed by atoms with Crippen molar-refractivity contribution in [2.24, 2.45) is 5.41 Å². The Labute approximate surface area is 108 Å². The van der Waals surface area contributed by atoms with E-state index in [1.54, 1.807) is 25.3 Å². The van der Waals surface area contributed by atoms with Gasteiger partial charge in [0.05, 0.1) is 12.8 Å². The Bertz CT molecular complexity index is 453. The molecule has 2 rings (SSSR count). The second kappa shape index (κ2) is 4.88. The molecule has 0 spiro atoms. The Morgan fingerprint density at radius 1 is 1.50 bits per heavy atom. The lowest BCUT2D eigenvalue weighted by Gasteiger charge is -2.14. The van der Waals surface area contributed by atoms with Crippen LogP contribution < -0.4 is 15.8 Å². The monoisotopic (exact) mass is 248 g/mol. The van der Waals surface area contributed by atoms with E-state index in [1.165, 1.54) is 12.8 Å². The summed E-state index contributed by atoms with van der Waals surface area (Å²) in [5, 5.41) is 2.98. The van der Waals surface area contributed by atoms with E-state index < -0.39 is 0 Å². The number of benzene rings is 1. The number of ether oxygens (including phenoxy) is 1. The van der Waals surface area contributed by atoms with E-state index in [0.717, 1.165) is 13.0 Å². The maximum absolute atomic E-state index is 12.0. The van der Waals surface area contributed by atoms with Crippen LogP contribution in [0, 0.1) is 5.41 Å². The molecule has 1 saturated carbocycles. The first-order valence-corrected chi connectivity index (χ1v) is 6.32. The quantitative estimate of drug-likeness (QED) is 0.785. The fourth-order valence-electron chi connectivity index (χ4n) is 2.08. The summed E-state index contributed by atoms with van der Waals surface area (Å²) in [6.45, 7) is 2.93. The normalized spacial score (nSPS) is 16.1. The van der Waals surface area contributed by atoms with Gasteiger partial charge >= 0.3 is 0 Å². The molecule has 1 aromatic carbocycles. The number of hydrogen-bond donors (Lipinski definition) is 2. The first-order chi connectivity index (χ1) is 8.60. The standard InChI is InChI=1S/C14H20N2O2/c1-3-14(6-7-14)9-16-13(17)10-4-5-12(18-2)11(15)8-10/h4-5,8H,3,6-7,9,15H2,1-2H3,(H,16,17). The maximum atomic E-state index is 12.0. The van der Waals surface area contributed by atoms with Crippen molar-refractivity contribution in [3.05, 3.63) is 23.8 Å². The minimum atomic E-state index is -0.0657. The zero-order chi connectivity index (χ0) is 13.2. The van der Waals surface area contributed by atoms with E-state index in [0.29, 0.717) is 22.4 Å². The second-order valence-corrected chi connectivity index (χ2v) is 4.99. The van der Waals surface area contributed by atoms with Gasteiger partial charge in [-0.25, -0.2) is 0 Å². The number of carbonyl (C=O) groups is 1. The van der Waals surface area contributed by atoms with Gasteiger partial charge in [-0.3, -0.25) is 4.79 Å². The van der Waals surface area contributed by atoms with Gasteiger partial charge in [0.15, 0.2) is 0 Å². The van der Waals surface area contributed by atoms with Crippen LogP contribution in [-0.4, -0.2) is 19.6 Å². The number of amides is 1. The largest absolute Gasteiger partial charge is 0.495 e. The van der Waals surface area contributed by atoms with E-state index in [-0.39, 0.29) is 5.91 Å². The molecule has 0 atom stereocenters. The highest BCUT2D eigenvalue weighted by Crippen LogP contribution is 2.47. The molecule has 0 aliphatic heterocycles. The molecule has 0 bridgehead atoms. The van der Waals surface area contributed by atoms with Gasteiger partial charge in [-0.1, -0.05) is 6.92 Å². The summed E-state index contributed by atoms with van der Waals surface area (Å²) < 4.78 is 5.06. The van der Waals surface area contributed by atoms with E-state index >= 15 is 0 Å². The van der Waals surface area contributed by atoms with E-state index in [1.807, 2.05) is 0 Å². The molecule has 4 heteroatoms. The highest BCUT2D eigenvalue weighted by atomic mass is 16.5. The topological polar surface area (TPSA) is 64.3 Å². The Morgan fingerprint density at radius 3 is 2.72 bits per heavy atom. The summed E-state index contributed by atoms with van der Waals surface area (Å²) >= 11 is 0. The van der Waals surface area contributed by atoms with Crippen LogP contribution in [0.5, 0.6) is 5.75 Å². The molecule has 1 amide bonds. The summed E-state index contributed by atoms with van der Waals surface area (Å²) in [6, 6.07) is 5.10. The minimum Gasteiger partial charge on any atom is -0.495 e. The summed E-state index contributed by atoms with van der Waals surface area (Å²) in [6.07, 6.45) is 3.56. The van der Waals surface area contributed by atoms with Crippen molar-refractivity contribution < 1.29 is 9.53 Å². The lowest BCUT2D eigenvalue weighted by atomic mass is 10.0. The van der Waals surface area contributed by atoms with Crippen LogP contribution in [0.2, 0.25) is 0 Å². The van der Waals surface area contributed by atoms with Crippen molar-refractivity contribution in [1.29, 1.82) is 0 Å². The molecule has 0 saturated heterocycles. The Balaban J connectivity index is 1.98. The molecule has 1 aromatic rings. The second-order valence-electron chi connectivity index (χ2n) is 4.99. The SMILES string of the molecule is CCC1(CNC(=O)c2ccc(OC)c(N)c2)CC1. The third-order valence-corrected chi connectivity index (χ3v) is 3.82. The summed E-state index contributed by atoms with van der Waals surface area (Å²) in [7, 11) is 1.56. The lowest BCUT2D eigenvalue weighted by molar-refractivity contribution is 0.0944. The summed E-state index contributed by atoms with van der Waals surface area (Å²) in [5.41, 5.74) is 7.21. The summed E-state index contributed by atoms with van der Waals surface area (Å²) in [4.78, 5) is 12.0. The Kier molecular flexibility index (Phi) is 3.45. The molecule has 18 heavy (non-hydrogen) atoms. The van der Waals surface area contributed by atoms with Crippen LogP contribution in [0.1, 0.15) is 36.5 Å². The van der Waals surface area contributed by atoms with Gasteiger partial charge < -0.3 is 15.8 Å². The van der Waals surface area contributed by atoms with Gasteiger partial charge in [-0.2, -0.15) is 0 Å². The first kappa shape index (κ1) is 12.7. The molecule has 0 aromatic heterocycles. The van der Waals surface area contributed by atoms with Gasteiger partial charge in [-0.05, 0) is 42.9 Å². The molecule has 1 fully saturated rings. The van der Waals surface area contributed by atoms with Crippen molar-refractivity contribution in [3.8, 4) is 5.75 Å². The molecule has 0 heterocycles. The third kappa shape index (κ3) is 2.58. The maximum Gasteiger partial charge on any atom is 0.251 e. The number of rotatable bonds is 5. The van der Waals surface area contributed by atoms with Gasteiger partial charge in [0.1, 0.15) is 5.75 Å². The zero-order valence-corrected chi connectivity index (χ0v) is 11.0. The van der Waals surface area contributed by atoms with Crippen LogP contribution in [0.3, 0.4) is 0 Å². The van der Waals surface area contributed by atoms with Crippen molar-refractivity contribution in [2.45, 2.75) is 26.2 Å². The molecule has 98 valence electrons.